The van der Waals surface area contributed by atoms with Gasteiger partial charge in [-0.25, -0.2) is 14.4 Å². The molecule has 12 heteroatoms. The topological polar surface area (TPSA) is 153 Å². The van der Waals surface area contributed by atoms with Crippen LogP contribution in [0, 0.1) is 0 Å². The number of benzene rings is 10. The molecule has 0 atom stereocenters. The molecule has 69 heavy (non-hydrogen) atoms. The zero-order valence-electron chi connectivity index (χ0n) is 36.4. The first kappa shape index (κ1) is 43.1. The van der Waals surface area contributed by atoms with Crippen molar-refractivity contribution in [2.24, 2.45) is 30.7 Å². The van der Waals surface area contributed by atoms with Crippen LogP contribution >= 0.6 is 0 Å². The summed E-state index contributed by atoms with van der Waals surface area (Å²) in [4.78, 5) is 43.3. The van der Waals surface area contributed by atoms with E-state index >= 15 is 0 Å². The van der Waals surface area contributed by atoms with Gasteiger partial charge in [0.2, 0.25) is 0 Å². The molecule has 0 saturated carbocycles. The van der Waals surface area contributed by atoms with Gasteiger partial charge in [-0.05, 0) is 89.0 Å². The second-order valence-electron chi connectivity index (χ2n) is 15.5. The minimum Gasteiger partial charge on any atom is -0.421 e. The molecule has 0 N–H and O–H groups in total. The summed E-state index contributed by atoms with van der Waals surface area (Å²) in [5, 5.41) is 31.4. The van der Waals surface area contributed by atoms with Crippen LogP contribution in [0.1, 0.15) is 31.1 Å². The molecular formula is C57H36N6O6. The summed E-state index contributed by atoms with van der Waals surface area (Å²) in [5.74, 6) is -2.46. The Balaban J connectivity index is 1.04. The van der Waals surface area contributed by atoms with Crippen LogP contribution < -0.4 is 14.2 Å². The fraction of sp³-hybridized carbons (Fsp3) is 0. The van der Waals surface area contributed by atoms with Crippen LogP contribution in [-0.4, -0.2) is 17.9 Å². The van der Waals surface area contributed by atoms with Crippen molar-refractivity contribution in [1.82, 2.24) is 0 Å². The molecule has 0 bridgehead atoms. The largest absolute Gasteiger partial charge is 0.421 e. The SMILES string of the molecule is O=C(Oc1ccc2ccccc2c1/N=N/c1ccccc1)c1cc(C(=O)Oc2ccc3ccccc3c2/N=N/c2ccccc2)cc(C(=O)Oc2ccc3ccccc3c2/N=N/c2ccccc2)c1. The number of esters is 3. The second-order valence-corrected chi connectivity index (χ2v) is 15.5. The van der Waals surface area contributed by atoms with Crippen molar-refractivity contribution in [1.29, 1.82) is 0 Å². The fourth-order valence-corrected chi connectivity index (χ4v) is 7.53. The lowest BCUT2D eigenvalue weighted by molar-refractivity contribution is 0.0735. The van der Waals surface area contributed by atoms with E-state index in [1.54, 1.807) is 72.8 Å². The van der Waals surface area contributed by atoms with Crippen LogP contribution in [0.15, 0.2) is 249 Å². The highest BCUT2D eigenvalue weighted by Crippen LogP contribution is 2.41. The molecule has 0 amide bonds. The zero-order chi connectivity index (χ0) is 46.9. The Kier molecular flexibility index (Phi) is 12.3. The third kappa shape index (κ3) is 9.76. The summed E-state index contributed by atoms with van der Waals surface area (Å²) in [6, 6.07) is 63.9. The Labute approximate surface area is 394 Å². The van der Waals surface area contributed by atoms with Crippen molar-refractivity contribution in [2.45, 2.75) is 0 Å². The fourth-order valence-electron chi connectivity index (χ4n) is 7.53. The summed E-state index contributed by atoms with van der Waals surface area (Å²) in [6.45, 7) is 0. The summed E-state index contributed by atoms with van der Waals surface area (Å²) in [7, 11) is 0. The Bertz CT molecular complexity index is 3260. The van der Waals surface area contributed by atoms with Gasteiger partial charge in [0.05, 0.1) is 33.8 Å². The Morgan fingerprint density at radius 3 is 0.826 bits per heavy atom. The number of carbonyl (C=O) groups excluding carboxylic acids is 3. The zero-order valence-corrected chi connectivity index (χ0v) is 36.4. The van der Waals surface area contributed by atoms with Crippen LogP contribution in [0.3, 0.4) is 0 Å². The van der Waals surface area contributed by atoms with Crippen molar-refractivity contribution in [2.75, 3.05) is 0 Å². The highest BCUT2D eigenvalue weighted by Gasteiger charge is 2.24. The maximum absolute atomic E-state index is 14.4. The van der Waals surface area contributed by atoms with Gasteiger partial charge in [-0.3, -0.25) is 0 Å². The lowest BCUT2D eigenvalue weighted by Gasteiger charge is -2.13. The number of ether oxygens (including phenoxy) is 3. The third-order valence-corrected chi connectivity index (χ3v) is 10.9. The molecule has 0 unspecified atom stereocenters. The molecule has 0 saturated heterocycles. The maximum atomic E-state index is 14.4. The molecule has 10 aromatic rings. The van der Waals surface area contributed by atoms with Crippen LogP contribution in [0.5, 0.6) is 17.2 Å². The quantitative estimate of drug-likeness (QED) is 0.0676. The summed E-state index contributed by atoms with van der Waals surface area (Å²) in [5.41, 5.74) is 2.15. The lowest BCUT2D eigenvalue weighted by Crippen LogP contribution is -2.17. The van der Waals surface area contributed by atoms with Crippen molar-refractivity contribution in [3.8, 4) is 17.2 Å². The first-order chi connectivity index (χ1) is 33.9. The number of rotatable bonds is 12. The maximum Gasteiger partial charge on any atom is 0.343 e. The normalized spacial score (nSPS) is 11.5. The molecule has 12 nitrogen and oxygen atoms in total. The number of azo groups is 3. The van der Waals surface area contributed by atoms with E-state index in [2.05, 4.69) is 30.7 Å². The number of hydrogen-bond acceptors (Lipinski definition) is 12. The Hall–Kier alpha value is -9.81. The van der Waals surface area contributed by atoms with Gasteiger partial charge in [0.25, 0.3) is 0 Å². The van der Waals surface area contributed by atoms with Gasteiger partial charge in [-0.2, -0.15) is 15.3 Å². The van der Waals surface area contributed by atoms with Crippen LogP contribution in [-0.2, 0) is 0 Å². The summed E-state index contributed by atoms with van der Waals surface area (Å²) >= 11 is 0. The molecule has 0 fully saturated rings. The molecule has 0 radical (unpaired) electrons. The first-order valence-corrected chi connectivity index (χ1v) is 21.7. The van der Waals surface area contributed by atoms with Crippen LogP contribution in [0.2, 0.25) is 0 Å². The van der Waals surface area contributed by atoms with E-state index in [1.807, 2.05) is 127 Å². The smallest absolute Gasteiger partial charge is 0.343 e. The lowest BCUT2D eigenvalue weighted by atomic mass is 10.0. The first-order valence-electron chi connectivity index (χ1n) is 21.7. The van der Waals surface area contributed by atoms with Gasteiger partial charge in [-0.1, -0.05) is 146 Å². The summed E-state index contributed by atoms with van der Waals surface area (Å²) < 4.78 is 18.2. The molecule has 0 aliphatic carbocycles. The average Bonchev–Trinajstić information content (AvgIpc) is 3.40. The molecule has 0 heterocycles. The highest BCUT2D eigenvalue weighted by atomic mass is 16.5. The molecule has 10 aromatic carbocycles. The molecular weight excluding hydrogens is 865 g/mol. The molecule has 330 valence electrons. The summed E-state index contributed by atoms with van der Waals surface area (Å²) in [6.07, 6.45) is 0. The van der Waals surface area contributed by atoms with Crippen molar-refractivity contribution >= 4 is 84.3 Å². The van der Waals surface area contributed by atoms with Gasteiger partial charge in [0.1, 0.15) is 17.1 Å². The van der Waals surface area contributed by atoms with E-state index in [0.717, 1.165) is 16.2 Å². The predicted octanol–water partition coefficient (Wildman–Crippen LogP) is 16.0. The van der Waals surface area contributed by atoms with E-state index in [0.29, 0.717) is 50.3 Å². The number of carbonyl (C=O) groups is 3. The minimum absolute atomic E-state index is 0.0876. The second kappa shape index (κ2) is 19.7. The monoisotopic (exact) mass is 900 g/mol. The highest BCUT2D eigenvalue weighted by molar-refractivity contribution is 6.05. The molecule has 0 aromatic heterocycles. The number of hydrogen-bond donors (Lipinski definition) is 0. The van der Waals surface area contributed by atoms with E-state index in [1.165, 1.54) is 18.2 Å². The van der Waals surface area contributed by atoms with Crippen molar-refractivity contribution in [3.63, 3.8) is 0 Å². The number of fused-ring (bicyclic) bond motifs is 3. The van der Waals surface area contributed by atoms with Gasteiger partial charge >= 0.3 is 17.9 Å². The van der Waals surface area contributed by atoms with E-state index in [9.17, 15) is 14.4 Å². The molecule has 0 aliphatic rings. The van der Waals surface area contributed by atoms with Gasteiger partial charge in [-0.15, -0.1) is 15.3 Å². The Morgan fingerprint density at radius 1 is 0.275 bits per heavy atom. The minimum atomic E-state index is -0.906. The van der Waals surface area contributed by atoms with E-state index in [4.69, 9.17) is 14.2 Å². The predicted molar refractivity (Wildman–Crippen MR) is 265 cm³/mol. The number of nitrogens with zero attached hydrogens (tertiary/aromatic N) is 6. The molecule has 0 spiro atoms. The standard InChI is InChI=1S/C57H36N6O6/c64-55(67-49-31-28-37-16-10-13-25-46(37)52(49)61-58-43-19-4-1-5-20-43)40-34-41(56(65)68-50-32-29-38-17-11-14-26-47(38)53(50)62-59-44-21-6-2-7-22-44)36-42(35-40)57(66)69-51-33-30-39-18-12-15-27-48(39)54(51)63-60-45-23-8-3-9-24-45/h1-36H/b61-58+,62-59+,63-60+. The van der Waals surface area contributed by atoms with Crippen molar-refractivity contribution < 1.29 is 28.6 Å². The van der Waals surface area contributed by atoms with Gasteiger partial charge in [0, 0.05) is 16.2 Å². The van der Waals surface area contributed by atoms with Gasteiger partial charge < -0.3 is 14.2 Å². The average molecular weight is 901 g/mol. The van der Waals surface area contributed by atoms with Gasteiger partial charge in [0.15, 0.2) is 17.2 Å². The van der Waals surface area contributed by atoms with E-state index < -0.39 is 17.9 Å². The van der Waals surface area contributed by atoms with E-state index in [-0.39, 0.29) is 33.9 Å². The van der Waals surface area contributed by atoms with Crippen molar-refractivity contribution in [3.05, 3.63) is 235 Å². The third-order valence-electron chi connectivity index (χ3n) is 10.9. The van der Waals surface area contributed by atoms with Crippen LogP contribution in [0.4, 0.5) is 34.1 Å². The molecule has 10 rings (SSSR count). The van der Waals surface area contributed by atoms with Crippen LogP contribution in [0.25, 0.3) is 32.3 Å². The molecule has 0 aliphatic heterocycles. The Morgan fingerprint density at radius 2 is 0.536 bits per heavy atom.